The molecule has 0 amide bonds. The molecule has 1 heterocycles. The maximum Gasteiger partial charge on any atom is 0.165 e. The lowest BCUT2D eigenvalue weighted by Crippen LogP contribution is -1.88. The molecule has 0 bridgehead atoms. The number of aromatic nitrogens is 2. The fourth-order valence-corrected chi connectivity index (χ4v) is 1.45. The van der Waals surface area contributed by atoms with Crippen LogP contribution in [0, 0.1) is 5.82 Å². The van der Waals surface area contributed by atoms with Gasteiger partial charge in [0.05, 0.1) is 16.2 Å². The summed E-state index contributed by atoms with van der Waals surface area (Å²) in [5, 5.41) is 0.185. The van der Waals surface area contributed by atoms with Gasteiger partial charge in [-0.1, -0.05) is 11.6 Å². The van der Waals surface area contributed by atoms with E-state index in [4.69, 9.17) is 11.6 Å². The maximum atomic E-state index is 13.4. The molecule has 13 heavy (non-hydrogen) atoms. The molecule has 0 aliphatic carbocycles. The van der Waals surface area contributed by atoms with Crippen LogP contribution in [-0.2, 0) is 0 Å². The van der Waals surface area contributed by atoms with Gasteiger partial charge >= 0.3 is 0 Å². The van der Waals surface area contributed by atoms with E-state index in [1.54, 1.807) is 12.1 Å². The van der Waals surface area contributed by atoms with Crippen LogP contribution in [0.1, 0.15) is 0 Å². The highest BCUT2D eigenvalue weighted by molar-refractivity contribution is 9.10. The van der Waals surface area contributed by atoms with Gasteiger partial charge in [0.2, 0.25) is 0 Å². The molecule has 0 saturated carbocycles. The monoisotopic (exact) mass is 260 g/mol. The van der Waals surface area contributed by atoms with Crippen molar-refractivity contribution in [1.29, 1.82) is 0 Å². The fourth-order valence-electron chi connectivity index (χ4n) is 0.999. The molecule has 0 N–H and O–H groups in total. The van der Waals surface area contributed by atoms with Gasteiger partial charge in [-0.3, -0.25) is 4.98 Å². The lowest BCUT2D eigenvalue weighted by molar-refractivity contribution is 0.630. The molecule has 0 saturated heterocycles. The highest BCUT2D eigenvalue weighted by Crippen LogP contribution is 2.22. The molecule has 0 unspecified atom stereocenters. The smallest absolute Gasteiger partial charge is 0.165 e. The van der Waals surface area contributed by atoms with E-state index in [9.17, 15) is 4.39 Å². The minimum Gasteiger partial charge on any atom is -0.251 e. The second kappa shape index (κ2) is 3.20. The van der Waals surface area contributed by atoms with Crippen LogP contribution in [0.2, 0.25) is 5.15 Å². The zero-order valence-corrected chi connectivity index (χ0v) is 8.60. The third-order valence-corrected chi connectivity index (χ3v) is 2.37. The number of fused-ring (bicyclic) bond motifs is 1. The molecular formula is C8H3BrClFN2. The first-order valence-corrected chi connectivity index (χ1v) is 4.62. The number of rotatable bonds is 0. The number of halogens is 3. The Morgan fingerprint density at radius 3 is 2.92 bits per heavy atom. The maximum absolute atomic E-state index is 13.4. The second-order valence-electron chi connectivity index (χ2n) is 2.42. The van der Waals surface area contributed by atoms with E-state index < -0.39 is 5.82 Å². The van der Waals surface area contributed by atoms with Gasteiger partial charge in [0, 0.05) is 0 Å². The Balaban J connectivity index is 2.89. The van der Waals surface area contributed by atoms with Crippen LogP contribution in [0.3, 0.4) is 0 Å². The molecular weight excluding hydrogens is 258 g/mol. The van der Waals surface area contributed by atoms with Crippen molar-refractivity contribution in [3.05, 3.63) is 33.8 Å². The Morgan fingerprint density at radius 1 is 1.38 bits per heavy atom. The van der Waals surface area contributed by atoms with Crippen LogP contribution in [0.5, 0.6) is 0 Å². The van der Waals surface area contributed by atoms with Gasteiger partial charge in [0.1, 0.15) is 10.7 Å². The summed E-state index contributed by atoms with van der Waals surface area (Å²) in [6, 6.07) is 3.26. The van der Waals surface area contributed by atoms with E-state index in [2.05, 4.69) is 25.9 Å². The Morgan fingerprint density at radius 2 is 2.15 bits per heavy atom. The average Bonchev–Trinajstić information content (AvgIpc) is 2.12. The molecule has 66 valence electrons. The molecule has 2 aromatic rings. The minimum absolute atomic E-state index is 0.182. The molecule has 0 spiro atoms. The molecule has 0 atom stereocenters. The highest BCUT2D eigenvalue weighted by Gasteiger charge is 2.07. The number of hydrogen-bond donors (Lipinski definition) is 0. The van der Waals surface area contributed by atoms with Gasteiger partial charge < -0.3 is 0 Å². The summed E-state index contributed by atoms with van der Waals surface area (Å²) in [4.78, 5) is 7.76. The van der Waals surface area contributed by atoms with E-state index >= 15 is 0 Å². The standard InChI is InChI=1S/C8H3BrClFN2/c9-4-1-2-5-8(7(4)11)13-6(10)3-12-5/h1-3H. The zero-order chi connectivity index (χ0) is 9.42. The van der Waals surface area contributed by atoms with Crippen molar-refractivity contribution in [2.75, 3.05) is 0 Å². The van der Waals surface area contributed by atoms with Crippen molar-refractivity contribution in [3.8, 4) is 0 Å². The zero-order valence-electron chi connectivity index (χ0n) is 6.26. The normalized spacial score (nSPS) is 10.7. The number of nitrogens with zero attached hydrogens (tertiary/aromatic N) is 2. The topological polar surface area (TPSA) is 25.8 Å². The van der Waals surface area contributed by atoms with Gasteiger partial charge in [-0.2, -0.15) is 0 Å². The first-order chi connectivity index (χ1) is 6.18. The quantitative estimate of drug-likeness (QED) is 0.728. The van der Waals surface area contributed by atoms with Gasteiger partial charge in [0.15, 0.2) is 5.82 Å². The Hall–Kier alpha value is -0.740. The summed E-state index contributed by atoms with van der Waals surface area (Å²) in [6.45, 7) is 0. The predicted molar refractivity (Wildman–Crippen MR) is 52.2 cm³/mol. The van der Waals surface area contributed by atoms with Crippen molar-refractivity contribution in [1.82, 2.24) is 9.97 Å². The molecule has 0 fully saturated rings. The van der Waals surface area contributed by atoms with Crippen molar-refractivity contribution in [2.24, 2.45) is 0 Å². The molecule has 0 radical (unpaired) electrons. The molecule has 5 heteroatoms. The van der Waals surface area contributed by atoms with E-state index in [1.807, 2.05) is 0 Å². The van der Waals surface area contributed by atoms with Crippen LogP contribution in [0.25, 0.3) is 11.0 Å². The Labute approximate surface area is 86.9 Å². The summed E-state index contributed by atoms with van der Waals surface area (Å²) in [6.07, 6.45) is 1.39. The van der Waals surface area contributed by atoms with Crippen LogP contribution in [0.15, 0.2) is 22.8 Å². The highest BCUT2D eigenvalue weighted by atomic mass is 79.9. The fraction of sp³-hybridized carbons (Fsp3) is 0. The lowest BCUT2D eigenvalue weighted by Gasteiger charge is -1.99. The second-order valence-corrected chi connectivity index (χ2v) is 3.66. The van der Waals surface area contributed by atoms with Gasteiger partial charge in [-0.15, -0.1) is 0 Å². The largest absolute Gasteiger partial charge is 0.251 e. The van der Waals surface area contributed by atoms with Crippen LogP contribution >= 0.6 is 27.5 Å². The van der Waals surface area contributed by atoms with Crippen LogP contribution < -0.4 is 0 Å². The first-order valence-electron chi connectivity index (χ1n) is 3.45. The minimum atomic E-state index is -0.437. The third-order valence-electron chi connectivity index (χ3n) is 1.58. The van der Waals surface area contributed by atoms with E-state index in [0.717, 1.165) is 0 Å². The molecule has 0 aliphatic heterocycles. The summed E-state index contributed by atoms with van der Waals surface area (Å²) >= 11 is 8.64. The SMILES string of the molecule is Fc1c(Br)ccc2ncc(Cl)nc12. The number of benzene rings is 1. The van der Waals surface area contributed by atoms with Gasteiger partial charge in [0.25, 0.3) is 0 Å². The van der Waals surface area contributed by atoms with E-state index in [-0.39, 0.29) is 10.7 Å². The lowest BCUT2D eigenvalue weighted by atomic mass is 10.3. The third kappa shape index (κ3) is 1.51. The molecule has 1 aromatic carbocycles. The van der Waals surface area contributed by atoms with Crippen molar-refractivity contribution in [2.45, 2.75) is 0 Å². The van der Waals surface area contributed by atoms with Crippen molar-refractivity contribution >= 4 is 38.6 Å². The molecule has 2 rings (SSSR count). The predicted octanol–water partition coefficient (Wildman–Crippen LogP) is 3.18. The molecule has 2 nitrogen and oxygen atoms in total. The van der Waals surface area contributed by atoms with E-state index in [1.165, 1.54) is 6.20 Å². The van der Waals surface area contributed by atoms with Crippen LogP contribution in [0.4, 0.5) is 4.39 Å². The van der Waals surface area contributed by atoms with Gasteiger partial charge in [-0.25, -0.2) is 9.37 Å². The molecule has 0 aliphatic rings. The summed E-state index contributed by atoms with van der Waals surface area (Å²) < 4.78 is 13.7. The Bertz CT molecular complexity index is 470. The first kappa shape index (κ1) is 8.84. The summed E-state index contributed by atoms with van der Waals surface area (Å²) in [5.74, 6) is -0.437. The van der Waals surface area contributed by atoms with Crippen molar-refractivity contribution in [3.63, 3.8) is 0 Å². The van der Waals surface area contributed by atoms with Crippen LogP contribution in [-0.4, -0.2) is 9.97 Å². The molecule has 1 aromatic heterocycles. The summed E-state index contributed by atoms with van der Waals surface area (Å²) in [5.41, 5.74) is 0.673. The van der Waals surface area contributed by atoms with E-state index in [0.29, 0.717) is 9.99 Å². The Kier molecular flexibility index (Phi) is 2.17. The average molecular weight is 261 g/mol. The number of hydrogen-bond acceptors (Lipinski definition) is 2. The van der Waals surface area contributed by atoms with Crippen molar-refractivity contribution < 1.29 is 4.39 Å². The van der Waals surface area contributed by atoms with Gasteiger partial charge in [-0.05, 0) is 28.1 Å². The summed E-state index contributed by atoms with van der Waals surface area (Å²) in [7, 11) is 0.